The van der Waals surface area contributed by atoms with Crippen molar-refractivity contribution in [3.05, 3.63) is 17.6 Å². The topological polar surface area (TPSA) is 47.0 Å². The summed E-state index contributed by atoms with van der Waals surface area (Å²) >= 11 is 0. The fraction of sp³-hybridized carbons (Fsp3) is 0.667. The van der Waals surface area contributed by atoms with Crippen molar-refractivity contribution in [2.24, 2.45) is 0 Å². The van der Waals surface area contributed by atoms with Gasteiger partial charge >= 0.3 is 0 Å². The first-order valence-electron chi connectivity index (χ1n) is 5.98. The van der Waals surface area contributed by atoms with E-state index in [-0.39, 0.29) is 0 Å². The first kappa shape index (κ1) is 12.9. The normalized spacial score (nSPS) is 10.4. The highest BCUT2D eigenvalue weighted by Crippen LogP contribution is 2.08. The Balaban J connectivity index is 2.69. The Morgan fingerprint density at radius 1 is 1.25 bits per heavy atom. The van der Waals surface area contributed by atoms with Gasteiger partial charge < -0.3 is 10.1 Å². The zero-order valence-corrected chi connectivity index (χ0v) is 10.4. The van der Waals surface area contributed by atoms with Crippen LogP contribution in [0.4, 0.5) is 5.82 Å². The Morgan fingerprint density at radius 3 is 2.69 bits per heavy atom. The molecule has 0 atom stereocenters. The zero-order chi connectivity index (χ0) is 11.8. The fourth-order valence-corrected chi connectivity index (χ4v) is 1.38. The van der Waals surface area contributed by atoms with Crippen molar-refractivity contribution in [2.75, 3.05) is 18.5 Å². The molecule has 0 spiro atoms. The predicted octanol–water partition coefficient (Wildman–Crippen LogP) is 2.40. The highest BCUT2D eigenvalue weighted by molar-refractivity contribution is 5.35. The van der Waals surface area contributed by atoms with E-state index in [2.05, 4.69) is 36.1 Å². The maximum atomic E-state index is 5.45. The second-order valence-corrected chi connectivity index (χ2v) is 3.60. The number of hydrogen-bond acceptors (Lipinski definition) is 4. The fourth-order valence-electron chi connectivity index (χ4n) is 1.38. The van der Waals surface area contributed by atoms with Gasteiger partial charge in [-0.05, 0) is 19.8 Å². The van der Waals surface area contributed by atoms with Gasteiger partial charge in [0, 0.05) is 24.9 Å². The first-order valence-corrected chi connectivity index (χ1v) is 5.98. The molecule has 1 rings (SSSR count). The molecule has 16 heavy (non-hydrogen) atoms. The molecule has 0 aliphatic carbocycles. The van der Waals surface area contributed by atoms with E-state index in [1.165, 1.54) is 0 Å². The maximum absolute atomic E-state index is 5.45. The summed E-state index contributed by atoms with van der Waals surface area (Å²) in [4.78, 5) is 8.83. The van der Waals surface area contributed by atoms with E-state index in [0.717, 1.165) is 43.3 Å². The first-order chi connectivity index (χ1) is 7.80. The van der Waals surface area contributed by atoms with Gasteiger partial charge in [0.25, 0.3) is 0 Å². The minimum atomic E-state index is 0.500. The van der Waals surface area contributed by atoms with Crippen LogP contribution in [0.5, 0.6) is 0 Å². The van der Waals surface area contributed by atoms with Crippen LogP contribution in [-0.4, -0.2) is 23.1 Å². The molecule has 0 radical (unpaired) electrons. The summed E-state index contributed by atoms with van der Waals surface area (Å²) in [6, 6.07) is 1.99. The highest BCUT2D eigenvalue weighted by Gasteiger charge is 2.03. The number of aryl methyl sites for hydroxylation is 1. The molecule has 0 bridgehead atoms. The van der Waals surface area contributed by atoms with E-state index in [0.29, 0.717) is 6.61 Å². The summed E-state index contributed by atoms with van der Waals surface area (Å²) in [5, 5.41) is 3.21. The Hall–Kier alpha value is -1.16. The van der Waals surface area contributed by atoms with Crippen molar-refractivity contribution < 1.29 is 4.74 Å². The standard InChI is InChI=1S/C12H21N3O/c1-4-7-16-9-12-14-10(5-2)8-11(15-12)13-6-3/h8H,4-7,9H2,1-3H3,(H,13,14,15). The van der Waals surface area contributed by atoms with Crippen LogP contribution in [0, 0.1) is 0 Å². The summed E-state index contributed by atoms with van der Waals surface area (Å²) in [7, 11) is 0. The molecule has 90 valence electrons. The minimum absolute atomic E-state index is 0.500. The molecule has 4 nitrogen and oxygen atoms in total. The predicted molar refractivity (Wildman–Crippen MR) is 65.5 cm³/mol. The molecular weight excluding hydrogens is 202 g/mol. The van der Waals surface area contributed by atoms with Gasteiger partial charge in [0.1, 0.15) is 12.4 Å². The van der Waals surface area contributed by atoms with Crippen molar-refractivity contribution in [1.29, 1.82) is 0 Å². The van der Waals surface area contributed by atoms with Gasteiger partial charge in [-0.25, -0.2) is 9.97 Å². The number of aromatic nitrogens is 2. The molecule has 1 N–H and O–H groups in total. The number of hydrogen-bond donors (Lipinski definition) is 1. The van der Waals surface area contributed by atoms with Gasteiger partial charge in [-0.3, -0.25) is 0 Å². The molecule has 0 saturated carbocycles. The molecule has 1 aromatic rings. The smallest absolute Gasteiger partial charge is 0.156 e. The Bertz CT molecular complexity index is 315. The summed E-state index contributed by atoms with van der Waals surface area (Å²) in [6.07, 6.45) is 1.94. The lowest BCUT2D eigenvalue weighted by Crippen LogP contribution is -2.07. The Kier molecular flexibility index (Phi) is 5.78. The molecule has 0 unspecified atom stereocenters. The Morgan fingerprint density at radius 2 is 2.06 bits per heavy atom. The SMILES string of the molecule is CCCOCc1nc(CC)cc(NCC)n1. The van der Waals surface area contributed by atoms with Crippen LogP contribution in [0.1, 0.15) is 38.7 Å². The molecule has 0 aromatic carbocycles. The van der Waals surface area contributed by atoms with E-state index in [1.807, 2.05) is 6.07 Å². The average molecular weight is 223 g/mol. The number of anilines is 1. The number of ether oxygens (including phenoxy) is 1. The van der Waals surface area contributed by atoms with Crippen LogP contribution in [0.15, 0.2) is 6.07 Å². The molecule has 1 heterocycles. The van der Waals surface area contributed by atoms with Gasteiger partial charge in [-0.15, -0.1) is 0 Å². The van der Waals surface area contributed by atoms with Crippen molar-refractivity contribution in [3.8, 4) is 0 Å². The van der Waals surface area contributed by atoms with Gasteiger partial charge in [0.2, 0.25) is 0 Å². The van der Waals surface area contributed by atoms with E-state index >= 15 is 0 Å². The van der Waals surface area contributed by atoms with Crippen LogP contribution < -0.4 is 5.32 Å². The van der Waals surface area contributed by atoms with Gasteiger partial charge in [0.15, 0.2) is 5.82 Å². The summed E-state index contributed by atoms with van der Waals surface area (Å²) in [5.41, 5.74) is 1.06. The lowest BCUT2D eigenvalue weighted by Gasteiger charge is -2.08. The maximum Gasteiger partial charge on any atom is 0.156 e. The molecule has 1 aromatic heterocycles. The largest absolute Gasteiger partial charge is 0.373 e. The molecule has 0 aliphatic heterocycles. The quantitative estimate of drug-likeness (QED) is 0.721. The Labute approximate surface area is 97.5 Å². The van der Waals surface area contributed by atoms with Gasteiger partial charge in [0.05, 0.1) is 0 Å². The van der Waals surface area contributed by atoms with Crippen LogP contribution in [0.2, 0.25) is 0 Å². The molecule has 0 saturated heterocycles. The number of rotatable bonds is 7. The lowest BCUT2D eigenvalue weighted by molar-refractivity contribution is 0.116. The average Bonchev–Trinajstić information content (AvgIpc) is 2.29. The minimum Gasteiger partial charge on any atom is -0.373 e. The summed E-state index contributed by atoms with van der Waals surface area (Å²) < 4.78 is 5.45. The van der Waals surface area contributed by atoms with Crippen LogP contribution in [-0.2, 0) is 17.8 Å². The third-order valence-corrected chi connectivity index (χ3v) is 2.13. The molecular formula is C12H21N3O. The second kappa shape index (κ2) is 7.17. The summed E-state index contributed by atoms with van der Waals surface area (Å²) in [6.45, 7) is 8.37. The van der Waals surface area contributed by atoms with Crippen LogP contribution in [0.25, 0.3) is 0 Å². The molecule has 4 heteroatoms. The third-order valence-electron chi connectivity index (χ3n) is 2.13. The van der Waals surface area contributed by atoms with E-state index < -0.39 is 0 Å². The van der Waals surface area contributed by atoms with Gasteiger partial charge in [-0.1, -0.05) is 13.8 Å². The van der Waals surface area contributed by atoms with Gasteiger partial charge in [-0.2, -0.15) is 0 Å². The van der Waals surface area contributed by atoms with Crippen LogP contribution >= 0.6 is 0 Å². The van der Waals surface area contributed by atoms with Crippen molar-refractivity contribution in [3.63, 3.8) is 0 Å². The molecule has 0 aliphatic rings. The van der Waals surface area contributed by atoms with Crippen molar-refractivity contribution in [1.82, 2.24) is 9.97 Å². The lowest BCUT2D eigenvalue weighted by atomic mass is 10.3. The van der Waals surface area contributed by atoms with Crippen molar-refractivity contribution in [2.45, 2.75) is 40.2 Å². The number of nitrogens with one attached hydrogen (secondary N) is 1. The van der Waals surface area contributed by atoms with Crippen LogP contribution in [0.3, 0.4) is 0 Å². The molecule has 0 amide bonds. The summed E-state index contributed by atoms with van der Waals surface area (Å²) in [5.74, 6) is 1.66. The van der Waals surface area contributed by atoms with Crippen molar-refractivity contribution >= 4 is 5.82 Å². The monoisotopic (exact) mass is 223 g/mol. The van der Waals surface area contributed by atoms with E-state index in [1.54, 1.807) is 0 Å². The number of nitrogens with zero attached hydrogens (tertiary/aromatic N) is 2. The van der Waals surface area contributed by atoms with E-state index in [4.69, 9.17) is 4.74 Å². The third kappa shape index (κ3) is 4.14. The second-order valence-electron chi connectivity index (χ2n) is 3.60. The molecule has 0 fully saturated rings. The van der Waals surface area contributed by atoms with E-state index in [9.17, 15) is 0 Å². The highest BCUT2D eigenvalue weighted by atomic mass is 16.5. The zero-order valence-electron chi connectivity index (χ0n) is 10.4.